The van der Waals surface area contributed by atoms with Gasteiger partial charge in [-0.15, -0.1) is 0 Å². The van der Waals surface area contributed by atoms with Gasteiger partial charge < -0.3 is 5.11 Å². The summed E-state index contributed by atoms with van der Waals surface area (Å²) in [5, 5.41) is 8.38. The number of rotatable bonds is 13. The minimum Gasteiger partial charge on any atom is -0.478 e. The molecule has 0 aliphatic rings. The minimum atomic E-state index is -0.931. The van der Waals surface area contributed by atoms with Gasteiger partial charge in [0.15, 0.2) is 0 Å². The summed E-state index contributed by atoms with van der Waals surface area (Å²) >= 11 is 0. The maximum atomic E-state index is 10.2. The molecule has 0 aromatic carbocycles. The predicted molar refractivity (Wildman–Crippen MR) is 95.9 cm³/mol. The zero-order valence-electron chi connectivity index (χ0n) is 14.5. The van der Waals surface area contributed by atoms with E-state index in [4.69, 9.17) is 5.11 Å². The molecule has 0 atom stereocenters. The van der Waals surface area contributed by atoms with Crippen molar-refractivity contribution >= 4 is 5.97 Å². The number of hydrogen-bond donors (Lipinski definition) is 1. The minimum absolute atomic E-state index is 0. The van der Waals surface area contributed by atoms with Gasteiger partial charge in [-0.1, -0.05) is 100 Å². The first-order valence-electron chi connectivity index (χ1n) is 8.33. The van der Waals surface area contributed by atoms with Crippen LogP contribution in [0.25, 0.3) is 0 Å². The fraction of sp³-hybridized carbons (Fsp3) is 0.450. The number of aliphatic carboxylic acids is 1. The van der Waals surface area contributed by atoms with Gasteiger partial charge >= 0.3 is 5.97 Å². The van der Waals surface area contributed by atoms with E-state index in [1.165, 1.54) is 51.0 Å². The average Bonchev–Trinajstić information content (AvgIpc) is 2.50. The summed E-state index contributed by atoms with van der Waals surface area (Å²) in [5.41, 5.74) is 0. The number of hydrogen-bond acceptors (Lipinski definition) is 1. The van der Waals surface area contributed by atoms with Crippen LogP contribution in [-0.4, -0.2) is 11.1 Å². The van der Waals surface area contributed by atoms with Crippen LogP contribution in [0.5, 0.6) is 0 Å². The van der Waals surface area contributed by atoms with Crippen LogP contribution >= 0.6 is 0 Å². The molecular weight excluding hydrogens is 385 g/mol. The van der Waals surface area contributed by atoms with E-state index in [0.29, 0.717) is 0 Å². The molecule has 0 unspecified atom stereocenters. The Morgan fingerprint density at radius 1 is 0.739 bits per heavy atom. The molecule has 1 N–H and O–H groups in total. The summed E-state index contributed by atoms with van der Waals surface area (Å²) in [4.78, 5) is 10.2. The number of carboxylic acids is 1. The summed E-state index contributed by atoms with van der Waals surface area (Å²) < 4.78 is 0. The quantitative estimate of drug-likeness (QED) is 0.174. The van der Waals surface area contributed by atoms with E-state index in [1.54, 1.807) is 12.2 Å². The van der Waals surface area contributed by atoms with Gasteiger partial charge in [-0.3, -0.25) is 0 Å². The summed E-state index contributed by atoms with van der Waals surface area (Å²) in [6, 6.07) is 0. The van der Waals surface area contributed by atoms with Crippen LogP contribution in [0.1, 0.15) is 58.3 Å². The molecule has 0 aliphatic heterocycles. The SMILES string of the molecule is CCCCCCCCCC=CC=CC=CC=CC=CC(=O)O.[Cd]. The van der Waals surface area contributed by atoms with Crippen molar-refractivity contribution in [3.8, 4) is 0 Å². The Morgan fingerprint density at radius 2 is 1.22 bits per heavy atom. The van der Waals surface area contributed by atoms with Crippen molar-refractivity contribution in [1.29, 1.82) is 0 Å². The molecule has 124 valence electrons. The maximum Gasteiger partial charge on any atom is 0.328 e. The molecule has 0 aliphatic carbocycles. The summed E-state index contributed by atoms with van der Waals surface area (Å²) in [5.74, 6) is -0.931. The van der Waals surface area contributed by atoms with Crippen molar-refractivity contribution in [2.24, 2.45) is 0 Å². The van der Waals surface area contributed by atoms with Crippen molar-refractivity contribution in [2.75, 3.05) is 0 Å². The molecule has 2 nitrogen and oxygen atoms in total. The molecule has 0 bridgehead atoms. The van der Waals surface area contributed by atoms with E-state index in [9.17, 15) is 4.79 Å². The van der Waals surface area contributed by atoms with E-state index in [2.05, 4.69) is 19.1 Å². The van der Waals surface area contributed by atoms with E-state index in [0.717, 1.165) is 12.5 Å². The molecule has 0 heterocycles. The molecule has 0 amide bonds. The van der Waals surface area contributed by atoms with Crippen molar-refractivity contribution < 1.29 is 37.2 Å². The summed E-state index contributed by atoms with van der Waals surface area (Å²) in [6.07, 6.45) is 28.8. The Hall–Kier alpha value is -0.908. The summed E-state index contributed by atoms with van der Waals surface area (Å²) in [7, 11) is 0. The molecule has 0 fully saturated rings. The van der Waals surface area contributed by atoms with Crippen LogP contribution in [0.15, 0.2) is 60.8 Å². The van der Waals surface area contributed by atoms with Gasteiger partial charge in [0.1, 0.15) is 0 Å². The smallest absolute Gasteiger partial charge is 0.328 e. The predicted octanol–water partition coefficient (Wildman–Crippen LogP) is 5.99. The number of carbonyl (C=O) groups is 1. The second-order valence-corrected chi connectivity index (χ2v) is 5.19. The van der Waals surface area contributed by atoms with Crippen molar-refractivity contribution in [3.05, 3.63) is 60.8 Å². The van der Waals surface area contributed by atoms with E-state index in [1.807, 2.05) is 24.3 Å². The molecule has 0 spiro atoms. The van der Waals surface area contributed by atoms with Crippen LogP contribution in [0, 0.1) is 0 Å². The topological polar surface area (TPSA) is 37.3 Å². The molecule has 0 rings (SSSR count). The largest absolute Gasteiger partial charge is 0.478 e. The Kier molecular flexibility index (Phi) is 22.3. The van der Waals surface area contributed by atoms with Gasteiger partial charge in [0.25, 0.3) is 0 Å². The first kappa shape index (κ1) is 24.3. The van der Waals surface area contributed by atoms with Gasteiger partial charge in [0.05, 0.1) is 0 Å². The zero-order valence-corrected chi connectivity index (χ0v) is 18.5. The molecule has 0 radical (unpaired) electrons. The molecule has 3 heteroatoms. The Bertz CT molecular complexity index is 404. The van der Waals surface area contributed by atoms with Crippen molar-refractivity contribution in [3.63, 3.8) is 0 Å². The van der Waals surface area contributed by atoms with E-state index in [-0.39, 0.29) is 27.3 Å². The van der Waals surface area contributed by atoms with Crippen molar-refractivity contribution in [1.82, 2.24) is 0 Å². The molecule has 0 aromatic rings. The van der Waals surface area contributed by atoms with Crippen LogP contribution in [0.2, 0.25) is 0 Å². The van der Waals surface area contributed by atoms with Crippen LogP contribution in [0.4, 0.5) is 0 Å². The third kappa shape index (κ3) is 23.5. The number of unbranched alkanes of at least 4 members (excludes halogenated alkanes) is 7. The van der Waals surface area contributed by atoms with Crippen LogP contribution < -0.4 is 0 Å². The fourth-order valence-corrected chi connectivity index (χ4v) is 1.92. The van der Waals surface area contributed by atoms with Gasteiger partial charge in [-0.05, 0) is 12.8 Å². The third-order valence-corrected chi connectivity index (χ3v) is 3.13. The summed E-state index contributed by atoms with van der Waals surface area (Å²) in [6.45, 7) is 2.25. The van der Waals surface area contributed by atoms with Crippen LogP contribution in [0.3, 0.4) is 0 Å². The van der Waals surface area contributed by atoms with Crippen LogP contribution in [-0.2, 0) is 32.1 Å². The molecular formula is C20H30CdO2. The molecule has 0 aromatic heterocycles. The number of carboxylic acid groups (broad SMARTS) is 1. The van der Waals surface area contributed by atoms with Gasteiger partial charge in [0, 0.05) is 33.4 Å². The average molecular weight is 415 g/mol. The first-order chi connectivity index (χ1) is 10.8. The van der Waals surface area contributed by atoms with Gasteiger partial charge in [0.2, 0.25) is 0 Å². The second kappa shape index (κ2) is 21.1. The van der Waals surface area contributed by atoms with Crippen molar-refractivity contribution in [2.45, 2.75) is 58.3 Å². The van der Waals surface area contributed by atoms with Gasteiger partial charge in [-0.2, -0.15) is 0 Å². The Morgan fingerprint density at radius 3 is 1.78 bits per heavy atom. The molecule has 0 saturated carbocycles. The Balaban J connectivity index is 0. The fourth-order valence-electron chi connectivity index (χ4n) is 1.92. The Labute approximate surface area is 161 Å². The maximum absolute atomic E-state index is 10.2. The van der Waals surface area contributed by atoms with E-state index < -0.39 is 5.97 Å². The van der Waals surface area contributed by atoms with Gasteiger partial charge in [-0.25, -0.2) is 4.79 Å². The standard InChI is InChI=1S/C20H30O2.Cd/c1-2-3-4-5-6-7-8-9-10-11-12-13-14-15-16-17-18-19-20(21)22;/h10-19H,2-9H2,1H3,(H,21,22);. The monoisotopic (exact) mass is 416 g/mol. The normalized spacial score (nSPS) is 12.2. The third-order valence-electron chi connectivity index (χ3n) is 3.13. The molecule has 0 saturated heterocycles. The number of allylic oxidation sites excluding steroid dienone is 9. The second-order valence-electron chi connectivity index (χ2n) is 5.19. The van der Waals surface area contributed by atoms with E-state index >= 15 is 0 Å². The first-order valence-corrected chi connectivity index (χ1v) is 8.33. The molecule has 23 heavy (non-hydrogen) atoms. The zero-order chi connectivity index (χ0) is 16.3.